The molecule has 0 aliphatic carbocycles. The number of nitrogens with zero attached hydrogens (tertiary/aromatic N) is 2. The SMILES string of the molecule is Cc1cc(OC(=O)OCCCCN=CC(=O)O)c2ccccc2c1OC(=O)OCCCCN=CC(=O)O. The fourth-order valence-electron chi connectivity index (χ4n) is 3.11. The zero-order valence-corrected chi connectivity index (χ0v) is 20.3. The summed E-state index contributed by atoms with van der Waals surface area (Å²) in [7, 11) is 0. The number of carbonyl (C=O) groups excluding carboxylic acids is 2. The van der Waals surface area contributed by atoms with Crippen molar-refractivity contribution in [1.29, 1.82) is 0 Å². The molecule has 2 N–H and O–H groups in total. The molecule has 0 atom stereocenters. The van der Waals surface area contributed by atoms with Crippen molar-refractivity contribution in [1.82, 2.24) is 0 Å². The van der Waals surface area contributed by atoms with Crippen LogP contribution in [0.4, 0.5) is 9.59 Å². The molecule has 198 valence electrons. The predicted octanol–water partition coefficient (Wildman–Crippen LogP) is 4.05. The second-order valence-corrected chi connectivity index (χ2v) is 7.63. The Kier molecular flexibility index (Phi) is 12.0. The maximum atomic E-state index is 12.2. The highest BCUT2D eigenvalue weighted by atomic mass is 16.7. The van der Waals surface area contributed by atoms with Gasteiger partial charge in [0.25, 0.3) is 0 Å². The first-order chi connectivity index (χ1) is 17.8. The number of carboxylic acid groups (broad SMARTS) is 2. The highest BCUT2D eigenvalue weighted by Gasteiger charge is 2.18. The number of benzene rings is 2. The van der Waals surface area contributed by atoms with E-state index in [-0.39, 0.29) is 24.7 Å². The number of aliphatic imine (C=N–C) groups is 2. The second kappa shape index (κ2) is 15.5. The van der Waals surface area contributed by atoms with Crippen LogP contribution in [0.25, 0.3) is 10.8 Å². The minimum atomic E-state index is -1.12. The van der Waals surface area contributed by atoms with Crippen molar-refractivity contribution in [2.24, 2.45) is 9.98 Å². The number of rotatable bonds is 14. The lowest BCUT2D eigenvalue weighted by atomic mass is 10.0. The first-order valence-electron chi connectivity index (χ1n) is 11.4. The molecule has 0 bridgehead atoms. The Morgan fingerprint density at radius 3 is 1.84 bits per heavy atom. The minimum Gasteiger partial charge on any atom is -0.477 e. The summed E-state index contributed by atoms with van der Waals surface area (Å²) < 4.78 is 20.9. The number of aryl methyl sites for hydroxylation is 1. The van der Waals surface area contributed by atoms with Crippen molar-refractivity contribution in [3.05, 3.63) is 35.9 Å². The van der Waals surface area contributed by atoms with Crippen LogP contribution >= 0.6 is 0 Å². The van der Waals surface area contributed by atoms with Gasteiger partial charge in [-0.2, -0.15) is 0 Å². The normalized spacial score (nSPS) is 11.1. The summed E-state index contributed by atoms with van der Waals surface area (Å²) in [6.07, 6.45) is 1.88. The molecular weight excluding hydrogens is 488 g/mol. The molecule has 0 aliphatic rings. The van der Waals surface area contributed by atoms with Gasteiger partial charge in [0, 0.05) is 23.9 Å². The summed E-state index contributed by atoms with van der Waals surface area (Å²) in [4.78, 5) is 52.5. The standard InChI is InChI=1S/C25H28N2O10/c1-17-14-20(36-24(32)34-12-6-4-10-26-15-21(28)29)18-8-2-3-9-19(18)23(17)37-25(33)35-13-7-5-11-27-16-22(30)31/h2-3,8-9,14-16H,4-7,10-13H2,1H3,(H,28,29)(H,30,31). The Labute approximate surface area is 212 Å². The van der Waals surface area contributed by atoms with E-state index in [1.165, 1.54) is 0 Å². The van der Waals surface area contributed by atoms with Crippen molar-refractivity contribution in [3.8, 4) is 11.5 Å². The Bertz CT molecular complexity index is 1160. The van der Waals surface area contributed by atoms with Crippen LogP contribution in [0.15, 0.2) is 40.3 Å². The summed E-state index contributed by atoms with van der Waals surface area (Å²) in [6.45, 7) is 2.46. The van der Waals surface area contributed by atoms with Crippen LogP contribution in [-0.2, 0) is 19.1 Å². The van der Waals surface area contributed by atoms with Gasteiger partial charge in [-0.15, -0.1) is 0 Å². The van der Waals surface area contributed by atoms with Gasteiger partial charge in [-0.1, -0.05) is 24.3 Å². The van der Waals surface area contributed by atoms with Crippen LogP contribution in [0.1, 0.15) is 31.2 Å². The summed E-state index contributed by atoms with van der Waals surface area (Å²) >= 11 is 0. The zero-order chi connectivity index (χ0) is 27.0. The maximum Gasteiger partial charge on any atom is 0.513 e. The number of ether oxygens (including phenoxy) is 4. The van der Waals surface area contributed by atoms with Gasteiger partial charge in [-0.05, 0) is 44.2 Å². The molecule has 0 spiro atoms. The molecule has 2 aromatic carbocycles. The number of carboxylic acids is 2. The molecule has 12 nitrogen and oxygen atoms in total. The Morgan fingerprint density at radius 1 is 0.784 bits per heavy atom. The topological polar surface area (TPSA) is 170 Å². The van der Waals surface area contributed by atoms with Gasteiger partial charge in [0.2, 0.25) is 0 Å². The molecule has 0 unspecified atom stereocenters. The molecule has 2 rings (SSSR count). The van der Waals surface area contributed by atoms with Crippen molar-refractivity contribution >= 4 is 47.5 Å². The number of hydrogen-bond donors (Lipinski definition) is 2. The summed E-state index contributed by atoms with van der Waals surface area (Å²) in [5.41, 5.74) is 0.526. The fourth-order valence-corrected chi connectivity index (χ4v) is 3.11. The lowest BCUT2D eigenvalue weighted by Gasteiger charge is -2.14. The molecule has 0 amide bonds. The predicted molar refractivity (Wildman–Crippen MR) is 133 cm³/mol. The Balaban J connectivity index is 1.91. The molecule has 0 aliphatic heterocycles. The van der Waals surface area contributed by atoms with E-state index in [0.29, 0.717) is 55.1 Å². The largest absolute Gasteiger partial charge is 0.513 e. The lowest BCUT2D eigenvalue weighted by molar-refractivity contribution is -0.129. The highest BCUT2D eigenvalue weighted by molar-refractivity contribution is 6.22. The van der Waals surface area contributed by atoms with Crippen molar-refractivity contribution in [3.63, 3.8) is 0 Å². The Hall–Kier alpha value is -4.48. The third kappa shape index (κ3) is 10.8. The van der Waals surface area contributed by atoms with Crippen molar-refractivity contribution < 1.29 is 48.3 Å². The van der Waals surface area contributed by atoms with Gasteiger partial charge in [0.05, 0.1) is 13.2 Å². The first-order valence-corrected chi connectivity index (χ1v) is 11.4. The highest BCUT2D eigenvalue weighted by Crippen LogP contribution is 2.36. The maximum absolute atomic E-state index is 12.2. The van der Waals surface area contributed by atoms with Crippen LogP contribution in [-0.4, -0.2) is 73.2 Å². The van der Waals surface area contributed by atoms with E-state index in [4.69, 9.17) is 29.2 Å². The average Bonchev–Trinajstić information content (AvgIpc) is 2.84. The van der Waals surface area contributed by atoms with Gasteiger partial charge in [-0.25, -0.2) is 19.2 Å². The van der Waals surface area contributed by atoms with E-state index in [9.17, 15) is 19.2 Å². The fraction of sp³-hybridized carbons (Fsp3) is 0.360. The second-order valence-electron chi connectivity index (χ2n) is 7.63. The van der Waals surface area contributed by atoms with E-state index in [2.05, 4.69) is 9.98 Å². The average molecular weight is 517 g/mol. The number of aliphatic carboxylic acids is 2. The molecule has 2 aromatic rings. The minimum absolute atomic E-state index is 0.0806. The Morgan fingerprint density at radius 2 is 1.30 bits per heavy atom. The monoisotopic (exact) mass is 516 g/mol. The molecular formula is C25H28N2O10. The summed E-state index contributed by atoms with van der Waals surface area (Å²) in [5, 5.41) is 18.0. The lowest BCUT2D eigenvalue weighted by Crippen LogP contribution is -2.14. The van der Waals surface area contributed by atoms with Crippen LogP contribution < -0.4 is 9.47 Å². The van der Waals surface area contributed by atoms with Crippen LogP contribution in [0.3, 0.4) is 0 Å². The van der Waals surface area contributed by atoms with Gasteiger partial charge < -0.3 is 29.2 Å². The number of carbonyl (C=O) groups is 4. The third-order valence-electron chi connectivity index (χ3n) is 4.73. The van der Waals surface area contributed by atoms with Gasteiger partial charge in [0.15, 0.2) is 0 Å². The smallest absolute Gasteiger partial charge is 0.477 e. The number of unbranched alkanes of at least 4 members (excludes halogenated alkanes) is 2. The number of fused-ring (bicyclic) bond motifs is 1. The van der Waals surface area contributed by atoms with Gasteiger partial charge >= 0.3 is 24.2 Å². The first kappa shape index (κ1) is 28.8. The molecule has 0 fully saturated rings. The molecule has 0 saturated carbocycles. The molecule has 37 heavy (non-hydrogen) atoms. The van der Waals surface area contributed by atoms with Crippen LogP contribution in [0.2, 0.25) is 0 Å². The number of hydrogen-bond acceptors (Lipinski definition) is 10. The summed E-state index contributed by atoms with van der Waals surface area (Å²) in [5.74, 6) is -1.75. The molecule has 0 aromatic heterocycles. The van der Waals surface area contributed by atoms with Gasteiger partial charge in [0.1, 0.15) is 23.9 Å². The van der Waals surface area contributed by atoms with E-state index in [1.807, 2.05) is 0 Å². The molecule has 0 radical (unpaired) electrons. The van der Waals surface area contributed by atoms with Crippen LogP contribution in [0.5, 0.6) is 11.5 Å². The molecule has 12 heteroatoms. The van der Waals surface area contributed by atoms with E-state index >= 15 is 0 Å². The third-order valence-corrected chi connectivity index (χ3v) is 4.73. The van der Waals surface area contributed by atoms with Gasteiger partial charge in [-0.3, -0.25) is 9.98 Å². The van der Waals surface area contributed by atoms with E-state index in [1.54, 1.807) is 37.3 Å². The van der Waals surface area contributed by atoms with Crippen molar-refractivity contribution in [2.45, 2.75) is 32.6 Å². The summed E-state index contributed by atoms with van der Waals surface area (Å²) in [6, 6.07) is 8.44. The van der Waals surface area contributed by atoms with Crippen molar-refractivity contribution in [2.75, 3.05) is 26.3 Å². The quantitative estimate of drug-likeness (QED) is 0.161. The van der Waals surface area contributed by atoms with E-state index < -0.39 is 24.2 Å². The van der Waals surface area contributed by atoms with E-state index in [0.717, 1.165) is 12.4 Å². The van der Waals surface area contributed by atoms with Crippen LogP contribution in [0, 0.1) is 6.92 Å². The molecule has 0 saturated heterocycles. The zero-order valence-electron chi connectivity index (χ0n) is 20.3. The molecule has 0 heterocycles.